The number of ketones is 1. The van der Waals surface area contributed by atoms with Crippen molar-refractivity contribution in [2.45, 2.75) is 20.3 Å². The van der Waals surface area contributed by atoms with Crippen LogP contribution in [0.15, 0.2) is 24.3 Å². The van der Waals surface area contributed by atoms with Gasteiger partial charge in [0.2, 0.25) is 11.8 Å². The zero-order valence-electron chi connectivity index (χ0n) is 15.6. The van der Waals surface area contributed by atoms with Gasteiger partial charge in [0, 0.05) is 44.0 Å². The molecule has 1 aromatic rings. The molecule has 1 aromatic carbocycles. The lowest BCUT2D eigenvalue weighted by atomic mass is 10.1. The minimum atomic E-state index is -0.154. The highest BCUT2D eigenvalue weighted by Crippen LogP contribution is 2.17. The van der Waals surface area contributed by atoms with Crippen LogP contribution >= 0.6 is 0 Å². The second-order valence-electron chi connectivity index (χ2n) is 6.49. The molecule has 0 aromatic heterocycles. The highest BCUT2D eigenvalue weighted by Gasteiger charge is 2.19. The van der Waals surface area contributed by atoms with E-state index in [0.29, 0.717) is 18.7 Å². The number of carbonyl (C=O) groups excluding carboxylic acids is 3. The number of carbonyl (C=O) groups is 3. The summed E-state index contributed by atoms with van der Waals surface area (Å²) in [4.78, 5) is 39.1. The lowest BCUT2D eigenvalue weighted by molar-refractivity contribution is -0.126. The molecular weight excluding hydrogens is 332 g/mol. The molecule has 0 bridgehead atoms. The molecule has 7 heteroatoms. The molecule has 2 rings (SSSR count). The van der Waals surface area contributed by atoms with Gasteiger partial charge in [-0.15, -0.1) is 0 Å². The van der Waals surface area contributed by atoms with Crippen molar-refractivity contribution < 1.29 is 14.4 Å². The van der Waals surface area contributed by atoms with E-state index in [4.69, 9.17) is 0 Å². The quantitative estimate of drug-likeness (QED) is 0.666. The fourth-order valence-electron chi connectivity index (χ4n) is 2.84. The van der Waals surface area contributed by atoms with Gasteiger partial charge in [-0.25, -0.2) is 0 Å². The maximum absolute atomic E-state index is 12.0. The number of amides is 2. The number of benzene rings is 1. The summed E-state index contributed by atoms with van der Waals surface area (Å²) >= 11 is 0. The molecule has 2 amide bonds. The summed E-state index contributed by atoms with van der Waals surface area (Å²) in [6.45, 7) is 7.72. The molecule has 1 heterocycles. The van der Waals surface area contributed by atoms with Crippen molar-refractivity contribution in [3.63, 3.8) is 0 Å². The van der Waals surface area contributed by atoms with E-state index in [0.717, 1.165) is 38.3 Å². The minimum absolute atomic E-state index is 0.0291. The molecule has 1 saturated heterocycles. The summed E-state index contributed by atoms with van der Waals surface area (Å²) in [6.07, 6.45) is 0.876. The smallest absolute Gasteiger partial charge is 0.239 e. The van der Waals surface area contributed by atoms with Gasteiger partial charge in [-0.1, -0.05) is 6.92 Å². The minimum Gasteiger partial charge on any atom is -0.369 e. The Morgan fingerprint density at radius 3 is 2.19 bits per heavy atom. The monoisotopic (exact) mass is 360 g/mol. The highest BCUT2D eigenvalue weighted by atomic mass is 16.2. The van der Waals surface area contributed by atoms with Crippen LogP contribution in [0.3, 0.4) is 0 Å². The molecule has 0 radical (unpaired) electrons. The molecule has 26 heavy (non-hydrogen) atoms. The van der Waals surface area contributed by atoms with Crippen LogP contribution in [-0.2, 0) is 9.59 Å². The number of hydrogen-bond donors (Lipinski definition) is 2. The SMILES string of the molecule is CCCNC(=O)CNC(=O)CN1CCN(c2ccc(C(C)=O)cc2)CC1. The topological polar surface area (TPSA) is 81.8 Å². The average molecular weight is 360 g/mol. The molecule has 1 aliphatic heterocycles. The van der Waals surface area contributed by atoms with Crippen LogP contribution in [0.5, 0.6) is 0 Å². The predicted octanol–water partition coefficient (Wildman–Crippen LogP) is 0.654. The van der Waals surface area contributed by atoms with Gasteiger partial charge in [0.05, 0.1) is 13.1 Å². The maximum atomic E-state index is 12.0. The van der Waals surface area contributed by atoms with Gasteiger partial charge in [-0.05, 0) is 37.6 Å². The molecular formula is C19H28N4O3. The molecule has 0 aliphatic carbocycles. The van der Waals surface area contributed by atoms with E-state index in [9.17, 15) is 14.4 Å². The van der Waals surface area contributed by atoms with Crippen LogP contribution in [0.1, 0.15) is 30.6 Å². The van der Waals surface area contributed by atoms with E-state index in [1.807, 2.05) is 31.2 Å². The van der Waals surface area contributed by atoms with E-state index < -0.39 is 0 Å². The van der Waals surface area contributed by atoms with Crippen molar-refractivity contribution in [1.82, 2.24) is 15.5 Å². The van der Waals surface area contributed by atoms with Crippen LogP contribution in [0, 0.1) is 0 Å². The van der Waals surface area contributed by atoms with Crippen molar-refractivity contribution in [2.75, 3.05) is 50.7 Å². The van der Waals surface area contributed by atoms with Gasteiger partial charge in [-0.2, -0.15) is 0 Å². The van der Waals surface area contributed by atoms with E-state index >= 15 is 0 Å². The Morgan fingerprint density at radius 2 is 1.62 bits per heavy atom. The van der Waals surface area contributed by atoms with Crippen LogP contribution in [0.4, 0.5) is 5.69 Å². The number of piperazine rings is 1. The van der Waals surface area contributed by atoms with E-state index in [1.54, 1.807) is 6.92 Å². The van der Waals surface area contributed by atoms with Gasteiger partial charge >= 0.3 is 0 Å². The summed E-state index contributed by atoms with van der Waals surface area (Å²) in [7, 11) is 0. The first-order valence-corrected chi connectivity index (χ1v) is 9.11. The fraction of sp³-hybridized carbons (Fsp3) is 0.526. The number of anilines is 1. The summed E-state index contributed by atoms with van der Waals surface area (Å²) in [6, 6.07) is 7.63. The Morgan fingerprint density at radius 1 is 0.962 bits per heavy atom. The van der Waals surface area contributed by atoms with Gasteiger partial charge in [0.15, 0.2) is 5.78 Å². The van der Waals surface area contributed by atoms with E-state index in [2.05, 4.69) is 20.4 Å². The van der Waals surface area contributed by atoms with E-state index in [1.165, 1.54) is 0 Å². The molecule has 0 spiro atoms. The first-order valence-electron chi connectivity index (χ1n) is 9.11. The summed E-state index contributed by atoms with van der Waals surface area (Å²) < 4.78 is 0. The number of nitrogens with zero attached hydrogens (tertiary/aromatic N) is 2. The van der Waals surface area contributed by atoms with Crippen molar-refractivity contribution in [1.29, 1.82) is 0 Å². The molecule has 1 aliphatic rings. The molecule has 0 atom stereocenters. The number of Topliss-reactive ketones (excluding diaryl/α,β-unsaturated/α-hetero) is 1. The predicted molar refractivity (Wildman–Crippen MR) is 101 cm³/mol. The summed E-state index contributed by atoms with van der Waals surface area (Å²) in [5.41, 5.74) is 1.80. The van der Waals surface area contributed by atoms with Crippen LogP contribution in [0.25, 0.3) is 0 Å². The normalized spacial score (nSPS) is 14.8. The fourth-order valence-corrected chi connectivity index (χ4v) is 2.84. The Bertz CT molecular complexity index is 622. The lowest BCUT2D eigenvalue weighted by Gasteiger charge is -2.35. The van der Waals surface area contributed by atoms with Gasteiger partial charge < -0.3 is 15.5 Å². The Labute approximate surface area is 154 Å². The molecule has 0 unspecified atom stereocenters. The number of rotatable bonds is 8. The molecule has 2 N–H and O–H groups in total. The van der Waals surface area contributed by atoms with Crippen molar-refractivity contribution in [3.05, 3.63) is 29.8 Å². The Hall–Kier alpha value is -2.41. The largest absolute Gasteiger partial charge is 0.369 e. The van der Waals surface area contributed by atoms with Crippen LogP contribution in [-0.4, -0.2) is 68.3 Å². The Kier molecular flexibility index (Phi) is 7.59. The van der Waals surface area contributed by atoms with Crippen LogP contribution in [0.2, 0.25) is 0 Å². The van der Waals surface area contributed by atoms with Gasteiger partial charge in [0.1, 0.15) is 0 Å². The third-order valence-electron chi connectivity index (χ3n) is 4.40. The van der Waals surface area contributed by atoms with Crippen molar-refractivity contribution >= 4 is 23.3 Å². The first-order chi connectivity index (χ1) is 12.5. The number of nitrogens with one attached hydrogen (secondary N) is 2. The summed E-state index contributed by atoms with van der Waals surface area (Å²) in [5, 5.41) is 5.39. The van der Waals surface area contributed by atoms with Crippen molar-refractivity contribution in [3.8, 4) is 0 Å². The highest BCUT2D eigenvalue weighted by molar-refractivity contribution is 5.94. The lowest BCUT2D eigenvalue weighted by Crippen LogP contribution is -2.50. The summed E-state index contributed by atoms with van der Waals surface area (Å²) in [5.74, 6) is -0.217. The third kappa shape index (κ3) is 6.15. The molecule has 7 nitrogen and oxygen atoms in total. The first kappa shape index (κ1) is 19.9. The zero-order chi connectivity index (χ0) is 18.9. The maximum Gasteiger partial charge on any atom is 0.239 e. The second kappa shape index (κ2) is 9.91. The third-order valence-corrected chi connectivity index (χ3v) is 4.40. The van der Waals surface area contributed by atoms with E-state index in [-0.39, 0.29) is 24.1 Å². The van der Waals surface area contributed by atoms with Gasteiger partial charge in [0.25, 0.3) is 0 Å². The molecule has 142 valence electrons. The van der Waals surface area contributed by atoms with Crippen molar-refractivity contribution in [2.24, 2.45) is 0 Å². The second-order valence-corrected chi connectivity index (χ2v) is 6.49. The zero-order valence-corrected chi connectivity index (χ0v) is 15.6. The standard InChI is InChI=1S/C19H28N4O3/c1-3-8-20-18(25)13-21-19(26)14-22-9-11-23(12-10-22)17-6-4-16(5-7-17)15(2)24/h4-7H,3,8-14H2,1-2H3,(H,20,25)(H,21,26). The van der Waals surface area contributed by atoms with Crippen LogP contribution < -0.4 is 15.5 Å². The molecule has 1 fully saturated rings. The molecule has 0 saturated carbocycles. The Balaban J connectivity index is 1.71. The van der Waals surface area contributed by atoms with Gasteiger partial charge in [-0.3, -0.25) is 19.3 Å². The average Bonchev–Trinajstić information content (AvgIpc) is 2.65. The number of hydrogen-bond acceptors (Lipinski definition) is 5.